The van der Waals surface area contributed by atoms with Gasteiger partial charge in [0.25, 0.3) is 5.91 Å². The van der Waals surface area contributed by atoms with Crippen LogP contribution >= 0.6 is 23.7 Å². The number of ether oxygens (including phenoxy) is 3. The van der Waals surface area contributed by atoms with Gasteiger partial charge in [-0.1, -0.05) is 32.0 Å². The molecule has 3 rings (SSSR count). The van der Waals surface area contributed by atoms with Gasteiger partial charge in [-0.05, 0) is 69.2 Å². The van der Waals surface area contributed by atoms with Crippen molar-refractivity contribution >= 4 is 34.8 Å². The predicted octanol–water partition coefficient (Wildman–Crippen LogP) is 6.01. The molecule has 7 nitrogen and oxygen atoms in total. The number of amides is 1. The van der Waals surface area contributed by atoms with Crippen LogP contribution in [0, 0.1) is 13.8 Å². The smallest absolute Gasteiger partial charge is 0.266 e. The molecule has 9 heteroatoms. The van der Waals surface area contributed by atoms with Gasteiger partial charge in [0.2, 0.25) is 0 Å². The highest BCUT2D eigenvalue weighted by molar-refractivity contribution is 7.14. The number of carbonyl (C=O) groups excluding carboxylic acids is 1. The standard InChI is InChI=1S/C28H37N3O4S.ClH/c1-7-30(8-2)15-10-16-31(26(32)18-35-27-20(3)11-9-12-21(27)4)28-29-24(19-36-28)23-17-22(33-5)13-14-25(23)34-6;/h9,11-14,17,19H,7-8,10,15-16,18H2,1-6H3;1H. The van der Waals surface area contributed by atoms with Gasteiger partial charge in [-0.3, -0.25) is 9.69 Å². The molecule has 37 heavy (non-hydrogen) atoms. The van der Waals surface area contributed by atoms with E-state index in [9.17, 15) is 4.79 Å². The van der Waals surface area contributed by atoms with E-state index in [1.165, 1.54) is 11.3 Å². The summed E-state index contributed by atoms with van der Waals surface area (Å²) in [5, 5.41) is 2.59. The summed E-state index contributed by atoms with van der Waals surface area (Å²) in [6.45, 7) is 11.7. The van der Waals surface area contributed by atoms with Crippen molar-refractivity contribution < 1.29 is 19.0 Å². The summed E-state index contributed by atoms with van der Waals surface area (Å²) in [5.41, 5.74) is 3.58. The van der Waals surface area contributed by atoms with Gasteiger partial charge in [-0.2, -0.15) is 0 Å². The van der Waals surface area contributed by atoms with E-state index < -0.39 is 0 Å². The molecule has 0 aliphatic carbocycles. The van der Waals surface area contributed by atoms with E-state index in [-0.39, 0.29) is 24.9 Å². The summed E-state index contributed by atoms with van der Waals surface area (Å²) < 4.78 is 16.9. The highest BCUT2D eigenvalue weighted by Crippen LogP contribution is 2.36. The van der Waals surface area contributed by atoms with Crippen LogP contribution < -0.4 is 19.1 Å². The molecular formula is C28H38ClN3O4S. The molecule has 202 valence electrons. The summed E-state index contributed by atoms with van der Waals surface area (Å²) >= 11 is 1.44. The Morgan fingerprint density at radius 2 is 1.70 bits per heavy atom. The number of aromatic nitrogens is 1. The minimum Gasteiger partial charge on any atom is -0.497 e. The van der Waals surface area contributed by atoms with Crippen molar-refractivity contribution in [2.45, 2.75) is 34.1 Å². The van der Waals surface area contributed by atoms with Crippen molar-refractivity contribution in [1.29, 1.82) is 0 Å². The fraction of sp³-hybridized carbons (Fsp3) is 0.429. The van der Waals surface area contributed by atoms with Crippen molar-refractivity contribution in [1.82, 2.24) is 9.88 Å². The van der Waals surface area contributed by atoms with Crippen LogP contribution in [0.1, 0.15) is 31.4 Å². The first kappa shape index (κ1) is 30.4. The van der Waals surface area contributed by atoms with Gasteiger partial charge in [-0.25, -0.2) is 4.98 Å². The highest BCUT2D eigenvalue weighted by Gasteiger charge is 2.22. The summed E-state index contributed by atoms with van der Waals surface area (Å²) in [4.78, 5) is 22.4. The van der Waals surface area contributed by atoms with Crippen LogP contribution in [0.2, 0.25) is 0 Å². The average Bonchev–Trinajstić information content (AvgIpc) is 3.37. The lowest BCUT2D eigenvalue weighted by Gasteiger charge is -2.23. The van der Waals surface area contributed by atoms with Crippen molar-refractivity contribution in [2.24, 2.45) is 0 Å². The average molecular weight is 548 g/mol. The summed E-state index contributed by atoms with van der Waals surface area (Å²) in [6.07, 6.45) is 0.841. The zero-order valence-electron chi connectivity index (χ0n) is 22.6. The van der Waals surface area contributed by atoms with Gasteiger partial charge in [0, 0.05) is 17.5 Å². The van der Waals surface area contributed by atoms with Crippen molar-refractivity contribution in [3.63, 3.8) is 0 Å². The molecule has 0 saturated carbocycles. The van der Waals surface area contributed by atoms with Crippen molar-refractivity contribution in [3.05, 3.63) is 52.9 Å². The van der Waals surface area contributed by atoms with E-state index in [4.69, 9.17) is 19.2 Å². The lowest BCUT2D eigenvalue weighted by molar-refractivity contribution is -0.120. The molecule has 0 bridgehead atoms. The molecule has 0 spiro atoms. The largest absolute Gasteiger partial charge is 0.497 e. The minimum atomic E-state index is -0.115. The zero-order valence-corrected chi connectivity index (χ0v) is 24.2. The third kappa shape index (κ3) is 7.84. The van der Waals surface area contributed by atoms with Crippen LogP contribution in [0.25, 0.3) is 11.3 Å². The Bertz CT molecular complexity index is 1130. The van der Waals surface area contributed by atoms with E-state index in [2.05, 4.69) is 18.7 Å². The molecule has 0 unspecified atom stereocenters. The van der Waals surface area contributed by atoms with E-state index in [0.29, 0.717) is 17.4 Å². The molecule has 1 aromatic heterocycles. The predicted molar refractivity (Wildman–Crippen MR) is 154 cm³/mol. The van der Waals surface area contributed by atoms with Crippen molar-refractivity contribution in [2.75, 3.05) is 51.9 Å². The normalized spacial score (nSPS) is 10.7. The second-order valence-corrected chi connectivity index (χ2v) is 9.35. The number of aryl methyl sites for hydroxylation is 2. The molecule has 3 aromatic rings. The van der Waals surface area contributed by atoms with Crippen LogP contribution in [0.4, 0.5) is 5.13 Å². The molecule has 1 heterocycles. The number of para-hydroxylation sites is 1. The highest BCUT2D eigenvalue weighted by atomic mass is 35.5. The lowest BCUT2D eigenvalue weighted by Crippen LogP contribution is -2.37. The number of hydrogen-bond acceptors (Lipinski definition) is 7. The second-order valence-electron chi connectivity index (χ2n) is 8.52. The van der Waals surface area contributed by atoms with Crippen LogP contribution in [0.5, 0.6) is 17.2 Å². The minimum absolute atomic E-state index is 0. The monoisotopic (exact) mass is 547 g/mol. The Labute approximate surface area is 230 Å². The summed E-state index contributed by atoms with van der Waals surface area (Å²) in [7, 11) is 3.26. The first-order valence-electron chi connectivity index (χ1n) is 12.3. The molecule has 0 saturated heterocycles. The molecule has 0 atom stereocenters. The van der Waals surface area contributed by atoms with Gasteiger partial charge in [0.1, 0.15) is 17.2 Å². The third-order valence-electron chi connectivity index (χ3n) is 6.21. The number of carbonyl (C=O) groups is 1. The van der Waals surface area contributed by atoms with E-state index in [0.717, 1.165) is 59.9 Å². The molecule has 0 fully saturated rings. The molecule has 0 radical (unpaired) electrons. The Morgan fingerprint density at radius 1 is 1.00 bits per heavy atom. The fourth-order valence-corrected chi connectivity index (χ4v) is 4.95. The molecular weight excluding hydrogens is 510 g/mol. The SMILES string of the molecule is CCN(CC)CCCN(C(=O)COc1c(C)cccc1C)c1nc(-c2cc(OC)ccc2OC)cs1.Cl. The van der Waals surface area contributed by atoms with Gasteiger partial charge in [0.05, 0.1) is 19.9 Å². The Morgan fingerprint density at radius 3 is 2.32 bits per heavy atom. The maximum atomic E-state index is 13.4. The number of thiazole rings is 1. The van der Waals surface area contributed by atoms with Crippen LogP contribution in [0.15, 0.2) is 41.8 Å². The first-order chi connectivity index (χ1) is 17.4. The summed E-state index contributed by atoms with van der Waals surface area (Å²) in [5.74, 6) is 2.06. The van der Waals surface area contributed by atoms with E-state index in [1.54, 1.807) is 19.1 Å². The van der Waals surface area contributed by atoms with Gasteiger partial charge in [0.15, 0.2) is 11.7 Å². The van der Waals surface area contributed by atoms with Crippen LogP contribution in [-0.2, 0) is 4.79 Å². The zero-order chi connectivity index (χ0) is 26.1. The molecule has 0 N–H and O–H groups in total. The first-order valence-corrected chi connectivity index (χ1v) is 13.2. The molecule has 0 aliphatic heterocycles. The number of halogens is 1. The van der Waals surface area contributed by atoms with Crippen molar-refractivity contribution in [3.8, 4) is 28.5 Å². The lowest BCUT2D eigenvalue weighted by atomic mass is 10.1. The maximum absolute atomic E-state index is 13.4. The number of hydrogen-bond donors (Lipinski definition) is 0. The van der Waals surface area contributed by atoms with E-state index >= 15 is 0 Å². The number of methoxy groups -OCH3 is 2. The number of rotatable bonds is 13. The second kappa shape index (κ2) is 14.8. The summed E-state index contributed by atoms with van der Waals surface area (Å²) in [6, 6.07) is 11.6. The topological polar surface area (TPSA) is 64.1 Å². The van der Waals surface area contributed by atoms with Gasteiger partial charge < -0.3 is 19.1 Å². The number of anilines is 1. The fourth-order valence-electron chi connectivity index (χ4n) is 4.08. The van der Waals surface area contributed by atoms with E-state index in [1.807, 2.05) is 55.6 Å². The Balaban J connectivity index is 0.00000481. The molecule has 1 amide bonds. The Kier molecular flexibility index (Phi) is 12.2. The number of benzene rings is 2. The maximum Gasteiger partial charge on any atom is 0.266 e. The molecule has 2 aromatic carbocycles. The van der Waals surface area contributed by atoms with Crippen LogP contribution in [0.3, 0.4) is 0 Å². The number of nitrogens with zero attached hydrogens (tertiary/aromatic N) is 3. The quantitative estimate of drug-likeness (QED) is 0.261. The molecule has 0 aliphatic rings. The Hall–Kier alpha value is -2.81. The third-order valence-corrected chi connectivity index (χ3v) is 7.07. The van der Waals surface area contributed by atoms with Gasteiger partial charge in [-0.15, -0.1) is 23.7 Å². The van der Waals surface area contributed by atoms with Gasteiger partial charge >= 0.3 is 0 Å². The van der Waals surface area contributed by atoms with Crippen LogP contribution in [-0.4, -0.2) is 62.8 Å².